The number of nitrogens with zero attached hydrogens (tertiary/aromatic N) is 1. The van der Waals surface area contributed by atoms with E-state index < -0.39 is 5.97 Å². The summed E-state index contributed by atoms with van der Waals surface area (Å²) in [7, 11) is 0. The molecule has 20 heavy (non-hydrogen) atoms. The second-order valence-electron chi connectivity index (χ2n) is 4.41. The van der Waals surface area contributed by atoms with Crippen molar-refractivity contribution in [3.63, 3.8) is 0 Å². The predicted octanol–water partition coefficient (Wildman–Crippen LogP) is 4.54. The Labute approximate surface area is 127 Å². The van der Waals surface area contributed by atoms with Gasteiger partial charge in [-0.05, 0) is 17.7 Å². The lowest BCUT2D eigenvalue weighted by atomic mass is 10.1. The molecule has 0 aliphatic carbocycles. The van der Waals surface area contributed by atoms with Gasteiger partial charge in [-0.3, -0.25) is 0 Å². The summed E-state index contributed by atoms with van der Waals surface area (Å²) in [6, 6.07) is 8.10. The molecular formula is C15H17NO2S2. The van der Waals surface area contributed by atoms with E-state index in [4.69, 9.17) is 5.11 Å². The summed E-state index contributed by atoms with van der Waals surface area (Å²) < 4.78 is 0. The average Bonchev–Trinajstić information content (AvgIpc) is 2.94. The molecule has 0 fully saturated rings. The molecule has 1 heterocycles. The SMILES string of the molecule is CCCCSCc1ccccc1-c1nc(C(=O)O)cs1. The number of thiazole rings is 1. The molecule has 0 radical (unpaired) electrons. The Morgan fingerprint density at radius 2 is 2.20 bits per heavy atom. The van der Waals surface area contributed by atoms with E-state index in [0.717, 1.165) is 22.1 Å². The maximum atomic E-state index is 10.9. The van der Waals surface area contributed by atoms with Crippen LogP contribution in [0.3, 0.4) is 0 Å². The van der Waals surface area contributed by atoms with Crippen LogP contribution in [0.1, 0.15) is 35.8 Å². The Morgan fingerprint density at radius 3 is 2.90 bits per heavy atom. The fourth-order valence-corrected chi connectivity index (χ4v) is 3.74. The smallest absolute Gasteiger partial charge is 0.355 e. The summed E-state index contributed by atoms with van der Waals surface area (Å²) in [4.78, 5) is 15.1. The Kier molecular flexibility index (Phi) is 5.61. The van der Waals surface area contributed by atoms with Gasteiger partial charge < -0.3 is 5.11 Å². The van der Waals surface area contributed by atoms with E-state index in [0.29, 0.717) is 0 Å². The van der Waals surface area contributed by atoms with Crippen molar-refractivity contribution in [2.45, 2.75) is 25.5 Å². The first-order valence-corrected chi connectivity index (χ1v) is 8.60. The van der Waals surface area contributed by atoms with Crippen LogP contribution in [0.4, 0.5) is 0 Å². The van der Waals surface area contributed by atoms with Gasteiger partial charge in [0.25, 0.3) is 0 Å². The fraction of sp³-hybridized carbons (Fsp3) is 0.333. The van der Waals surface area contributed by atoms with E-state index in [1.54, 1.807) is 5.38 Å². The van der Waals surface area contributed by atoms with Gasteiger partial charge >= 0.3 is 5.97 Å². The molecule has 0 saturated heterocycles. The minimum Gasteiger partial charge on any atom is -0.476 e. The number of aromatic carboxylic acids is 1. The van der Waals surface area contributed by atoms with Gasteiger partial charge in [0, 0.05) is 16.7 Å². The third-order valence-electron chi connectivity index (χ3n) is 2.87. The number of benzene rings is 1. The minimum atomic E-state index is -0.970. The van der Waals surface area contributed by atoms with Crippen molar-refractivity contribution in [3.8, 4) is 10.6 Å². The summed E-state index contributed by atoms with van der Waals surface area (Å²) >= 11 is 3.30. The normalized spacial score (nSPS) is 10.7. The number of hydrogen-bond donors (Lipinski definition) is 1. The quantitative estimate of drug-likeness (QED) is 0.763. The summed E-state index contributed by atoms with van der Waals surface area (Å²) in [6.45, 7) is 2.19. The predicted molar refractivity (Wildman–Crippen MR) is 85.6 cm³/mol. The lowest BCUT2D eigenvalue weighted by Gasteiger charge is -2.06. The van der Waals surface area contributed by atoms with Crippen LogP contribution in [0.5, 0.6) is 0 Å². The summed E-state index contributed by atoms with van der Waals surface area (Å²) in [5, 5.41) is 11.3. The molecule has 1 N–H and O–H groups in total. The van der Waals surface area contributed by atoms with Gasteiger partial charge in [-0.25, -0.2) is 9.78 Å². The fourth-order valence-electron chi connectivity index (χ4n) is 1.78. The van der Waals surface area contributed by atoms with Crippen molar-refractivity contribution in [1.29, 1.82) is 0 Å². The maximum absolute atomic E-state index is 10.9. The lowest BCUT2D eigenvalue weighted by molar-refractivity contribution is 0.0691. The summed E-state index contributed by atoms with van der Waals surface area (Å²) in [6.07, 6.45) is 2.44. The molecule has 1 aromatic carbocycles. The van der Waals surface area contributed by atoms with Crippen molar-refractivity contribution < 1.29 is 9.90 Å². The third kappa shape index (κ3) is 3.84. The van der Waals surface area contributed by atoms with Gasteiger partial charge in [0.2, 0.25) is 0 Å². The molecule has 0 atom stereocenters. The molecule has 0 amide bonds. The Hall–Kier alpha value is -1.33. The van der Waals surface area contributed by atoms with Crippen molar-refractivity contribution in [2.24, 2.45) is 0 Å². The second-order valence-corrected chi connectivity index (χ2v) is 6.37. The van der Waals surface area contributed by atoms with Crippen LogP contribution < -0.4 is 0 Å². The molecule has 0 unspecified atom stereocenters. The molecule has 1 aromatic heterocycles. The number of unbranched alkanes of at least 4 members (excludes halogenated alkanes) is 1. The van der Waals surface area contributed by atoms with Crippen LogP contribution in [0.2, 0.25) is 0 Å². The average molecular weight is 307 g/mol. The van der Waals surface area contributed by atoms with Crippen molar-refractivity contribution >= 4 is 29.1 Å². The van der Waals surface area contributed by atoms with Crippen LogP contribution in [0.25, 0.3) is 10.6 Å². The van der Waals surface area contributed by atoms with Crippen LogP contribution in [0.15, 0.2) is 29.6 Å². The standard InChI is InChI=1S/C15H17NO2S2/c1-2-3-8-19-9-11-6-4-5-7-12(11)14-16-13(10-20-14)15(17)18/h4-7,10H,2-3,8-9H2,1H3,(H,17,18). The topological polar surface area (TPSA) is 50.2 Å². The summed E-state index contributed by atoms with van der Waals surface area (Å²) in [5.41, 5.74) is 2.40. The molecule has 0 bridgehead atoms. The van der Waals surface area contributed by atoms with Crippen molar-refractivity contribution in [2.75, 3.05) is 5.75 Å². The van der Waals surface area contributed by atoms with E-state index in [-0.39, 0.29) is 5.69 Å². The molecule has 0 saturated carbocycles. The first kappa shape index (κ1) is 15.1. The van der Waals surface area contributed by atoms with E-state index in [1.165, 1.54) is 29.7 Å². The summed E-state index contributed by atoms with van der Waals surface area (Å²) in [5.74, 6) is 1.13. The molecule has 106 valence electrons. The molecule has 2 rings (SSSR count). The lowest BCUT2D eigenvalue weighted by Crippen LogP contribution is -1.96. The zero-order valence-corrected chi connectivity index (χ0v) is 13.0. The highest BCUT2D eigenvalue weighted by Gasteiger charge is 2.12. The number of aromatic nitrogens is 1. The first-order chi connectivity index (χ1) is 9.72. The Balaban J connectivity index is 2.16. The Morgan fingerprint density at radius 1 is 1.40 bits per heavy atom. The monoisotopic (exact) mass is 307 g/mol. The highest BCUT2D eigenvalue weighted by atomic mass is 32.2. The maximum Gasteiger partial charge on any atom is 0.355 e. The minimum absolute atomic E-state index is 0.124. The second kappa shape index (κ2) is 7.45. The van der Waals surface area contributed by atoms with E-state index >= 15 is 0 Å². The highest BCUT2D eigenvalue weighted by Crippen LogP contribution is 2.29. The highest BCUT2D eigenvalue weighted by molar-refractivity contribution is 7.98. The van der Waals surface area contributed by atoms with E-state index in [9.17, 15) is 4.79 Å². The first-order valence-electron chi connectivity index (χ1n) is 6.57. The van der Waals surface area contributed by atoms with Crippen molar-refractivity contribution in [3.05, 3.63) is 40.9 Å². The van der Waals surface area contributed by atoms with Gasteiger partial charge in [-0.15, -0.1) is 11.3 Å². The number of rotatable bonds is 7. The van der Waals surface area contributed by atoms with Crippen LogP contribution in [-0.4, -0.2) is 21.8 Å². The van der Waals surface area contributed by atoms with Gasteiger partial charge in [0.05, 0.1) is 0 Å². The zero-order chi connectivity index (χ0) is 14.4. The molecule has 0 aliphatic rings. The van der Waals surface area contributed by atoms with Crippen LogP contribution >= 0.6 is 23.1 Å². The van der Waals surface area contributed by atoms with Gasteiger partial charge in [-0.1, -0.05) is 37.6 Å². The van der Waals surface area contributed by atoms with Crippen molar-refractivity contribution in [1.82, 2.24) is 4.98 Å². The number of hydrogen-bond acceptors (Lipinski definition) is 4. The van der Waals surface area contributed by atoms with Crippen LogP contribution in [-0.2, 0) is 5.75 Å². The molecule has 0 aliphatic heterocycles. The largest absolute Gasteiger partial charge is 0.476 e. The number of thioether (sulfide) groups is 1. The van der Waals surface area contributed by atoms with Gasteiger partial charge in [0.15, 0.2) is 5.69 Å². The Bertz CT molecular complexity index is 581. The molecule has 2 aromatic rings. The number of carboxylic acid groups (broad SMARTS) is 1. The molecule has 5 heteroatoms. The zero-order valence-electron chi connectivity index (χ0n) is 11.3. The van der Waals surface area contributed by atoms with E-state index in [2.05, 4.69) is 18.0 Å². The van der Waals surface area contributed by atoms with E-state index in [1.807, 2.05) is 30.0 Å². The molecule has 3 nitrogen and oxygen atoms in total. The van der Waals surface area contributed by atoms with Gasteiger partial charge in [0.1, 0.15) is 5.01 Å². The third-order valence-corrected chi connectivity index (χ3v) is 4.84. The van der Waals surface area contributed by atoms with Gasteiger partial charge in [-0.2, -0.15) is 11.8 Å². The van der Waals surface area contributed by atoms with Crippen LogP contribution in [0, 0.1) is 0 Å². The molecule has 0 spiro atoms. The number of carboxylic acids is 1. The molecular weight excluding hydrogens is 290 g/mol. The number of carbonyl (C=O) groups is 1.